The molecule has 0 saturated carbocycles. The van der Waals surface area contributed by atoms with Crippen molar-refractivity contribution in [1.82, 2.24) is 20.1 Å². The maximum absolute atomic E-state index is 12.8. The summed E-state index contributed by atoms with van der Waals surface area (Å²) in [6, 6.07) is 0. The van der Waals surface area contributed by atoms with Crippen LogP contribution in [0.2, 0.25) is 0 Å². The van der Waals surface area contributed by atoms with E-state index in [0.717, 1.165) is 28.0 Å². The highest BCUT2D eigenvalue weighted by Crippen LogP contribution is 2.43. The maximum Gasteiger partial charge on any atom is 0.409 e. The third-order valence-electron chi connectivity index (χ3n) is 4.42. The molecule has 1 aromatic heterocycles. The van der Waals surface area contributed by atoms with Crippen molar-refractivity contribution in [1.29, 1.82) is 0 Å². The molecule has 2 atom stereocenters. The van der Waals surface area contributed by atoms with Crippen molar-refractivity contribution in [2.75, 3.05) is 32.2 Å². The molecule has 0 unspecified atom stereocenters. The van der Waals surface area contributed by atoms with Gasteiger partial charge in [0.15, 0.2) is 10.8 Å². The Balaban J connectivity index is 1.77. The normalized spacial score (nSPS) is 22.7. The van der Waals surface area contributed by atoms with Crippen LogP contribution in [0.15, 0.2) is 22.3 Å². The van der Waals surface area contributed by atoms with Gasteiger partial charge in [-0.05, 0) is 5.57 Å². The first-order valence-corrected chi connectivity index (χ1v) is 10.5. The van der Waals surface area contributed by atoms with Crippen LogP contribution >= 0.6 is 23.1 Å². The number of β-lactam (4-membered cyclic amide) rings is 1. The minimum absolute atomic E-state index is 0.0622. The number of nitrogens with two attached hydrogens (primary N) is 1. The van der Waals surface area contributed by atoms with Gasteiger partial charge in [-0.25, -0.2) is 14.6 Å². The lowest BCUT2D eigenvalue weighted by atomic mass is 9.87. The van der Waals surface area contributed by atoms with E-state index in [1.54, 1.807) is 0 Å². The van der Waals surface area contributed by atoms with Crippen molar-refractivity contribution in [2.24, 2.45) is 5.16 Å². The van der Waals surface area contributed by atoms with Crippen molar-refractivity contribution < 1.29 is 34.2 Å². The molecule has 166 valence electrons. The summed E-state index contributed by atoms with van der Waals surface area (Å²) in [5.74, 6) is -3.29. The van der Waals surface area contributed by atoms with Gasteiger partial charge in [0.2, 0.25) is 5.54 Å². The third kappa shape index (κ3) is 3.88. The molecule has 1 aromatic rings. The van der Waals surface area contributed by atoms with Crippen LogP contribution in [0.4, 0.5) is 9.93 Å². The predicted molar refractivity (Wildman–Crippen MR) is 110 cm³/mol. The summed E-state index contributed by atoms with van der Waals surface area (Å²) in [5.41, 5.74) is 3.19. The molecule has 0 spiro atoms. The number of hydrogen-bond donors (Lipinski definition) is 4. The van der Waals surface area contributed by atoms with E-state index < -0.39 is 40.5 Å². The van der Waals surface area contributed by atoms with E-state index in [-0.39, 0.29) is 23.2 Å². The molecule has 0 radical (unpaired) electrons. The average molecular weight is 470 g/mol. The van der Waals surface area contributed by atoms with Crippen molar-refractivity contribution in [2.45, 2.75) is 10.9 Å². The largest absolute Gasteiger partial charge is 0.479 e. The van der Waals surface area contributed by atoms with Gasteiger partial charge in [-0.1, -0.05) is 5.16 Å². The SMILES string of the molecule is CN(C)C(=O)OCC1=CN2C(=O)[C@](NC(=O)/C(=N\O)c3csc(N)n3)(C(=O)O)[C@@H]2SC1. The summed E-state index contributed by atoms with van der Waals surface area (Å²) < 4.78 is 5.07. The molecule has 15 heteroatoms. The summed E-state index contributed by atoms with van der Waals surface area (Å²) in [6.07, 6.45) is 0.843. The van der Waals surface area contributed by atoms with Gasteiger partial charge < -0.3 is 35.9 Å². The first kappa shape index (κ1) is 22.4. The maximum atomic E-state index is 12.8. The second-order valence-electron chi connectivity index (χ2n) is 6.70. The summed E-state index contributed by atoms with van der Waals surface area (Å²) in [6.45, 7) is -0.0699. The number of carboxylic acids is 1. The number of nitrogens with one attached hydrogen (secondary N) is 1. The van der Waals surface area contributed by atoms with Crippen molar-refractivity contribution >= 4 is 57.8 Å². The third-order valence-corrected chi connectivity index (χ3v) is 6.52. The molecule has 0 bridgehead atoms. The zero-order chi connectivity index (χ0) is 22.9. The van der Waals surface area contributed by atoms with Crippen LogP contribution < -0.4 is 11.1 Å². The van der Waals surface area contributed by atoms with E-state index in [4.69, 9.17) is 10.5 Å². The summed E-state index contributed by atoms with van der Waals surface area (Å²) in [7, 11) is 3.05. The molecule has 0 aromatic carbocycles. The number of amides is 3. The number of aliphatic carboxylic acids is 1. The van der Waals surface area contributed by atoms with Gasteiger partial charge >= 0.3 is 12.1 Å². The number of carboxylic acid groups (broad SMARTS) is 1. The molecule has 3 rings (SSSR count). The fourth-order valence-electron chi connectivity index (χ4n) is 2.89. The molecular formula is C16H18N6O7S2. The zero-order valence-corrected chi connectivity index (χ0v) is 17.9. The number of hydrogen-bond acceptors (Lipinski definition) is 11. The minimum Gasteiger partial charge on any atom is -0.479 e. The number of thioether (sulfide) groups is 1. The number of carbonyl (C=O) groups excluding carboxylic acids is 3. The smallest absolute Gasteiger partial charge is 0.409 e. The number of ether oxygens (including phenoxy) is 1. The molecule has 3 heterocycles. The van der Waals surface area contributed by atoms with E-state index >= 15 is 0 Å². The van der Waals surface area contributed by atoms with Gasteiger partial charge in [0, 0.05) is 31.4 Å². The number of rotatable bonds is 6. The Kier molecular flexibility index (Phi) is 6.08. The Bertz CT molecular complexity index is 1010. The van der Waals surface area contributed by atoms with Crippen LogP contribution in [0, 0.1) is 0 Å². The van der Waals surface area contributed by atoms with Gasteiger partial charge in [0.05, 0.1) is 0 Å². The monoisotopic (exact) mass is 470 g/mol. The highest BCUT2D eigenvalue weighted by Gasteiger charge is 2.68. The Morgan fingerprint density at radius 1 is 1.48 bits per heavy atom. The molecule has 1 fully saturated rings. The van der Waals surface area contributed by atoms with Crippen LogP contribution in [0.3, 0.4) is 0 Å². The number of oxime groups is 1. The summed E-state index contributed by atoms with van der Waals surface area (Å²) in [4.78, 5) is 55.2. The van der Waals surface area contributed by atoms with Crippen LogP contribution in [-0.4, -0.2) is 92.1 Å². The Hall–Kier alpha value is -3.33. The van der Waals surface area contributed by atoms with E-state index in [1.165, 1.54) is 30.6 Å². The Morgan fingerprint density at radius 3 is 2.74 bits per heavy atom. The lowest BCUT2D eigenvalue weighted by Gasteiger charge is -2.53. The molecule has 1 saturated heterocycles. The van der Waals surface area contributed by atoms with Gasteiger partial charge in [-0.2, -0.15) is 0 Å². The number of thiazole rings is 1. The molecule has 2 aliphatic heterocycles. The summed E-state index contributed by atoms with van der Waals surface area (Å²) >= 11 is 2.07. The van der Waals surface area contributed by atoms with E-state index in [9.17, 15) is 29.5 Å². The number of fused-ring (bicyclic) bond motifs is 1. The number of aromatic nitrogens is 1. The summed E-state index contributed by atoms with van der Waals surface area (Å²) in [5, 5.41) is 24.5. The topological polar surface area (TPSA) is 188 Å². The minimum atomic E-state index is -2.26. The standard InChI is InChI=1S/C16H18N6O7S2/c1-21(2)15(27)29-4-7-3-22-11(24)16(13(25)26,12(22)30-5-7)19-10(23)9(20-28)8-6-31-14(17)18-8/h3,6,12,28H,4-5H2,1-2H3,(H2,17,18)(H,19,23)(H,25,26)/b20-9-/t12-,16+/m0/s1. The van der Waals surface area contributed by atoms with Crippen molar-refractivity contribution in [3.8, 4) is 0 Å². The molecular weight excluding hydrogens is 452 g/mol. The molecule has 13 nitrogen and oxygen atoms in total. The highest BCUT2D eigenvalue weighted by molar-refractivity contribution is 8.00. The van der Waals surface area contributed by atoms with E-state index in [0.29, 0.717) is 5.57 Å². The van der Waals surface area contributed by atoms with Gasteiger partial charge in [-0.15, -0.1) is 23.1 Å². The number of carbonyl (C=O) groups is 4. The quantitative estimate of drug-likeness (QED) is 0.137. The highest BCUT2D eigenvalue weighted by atomic mass is 32.2. The second-order valence-corrected chi connectivity index (χ2v) is 8.66. The lowest BCUT2D eigenvalue weighted by Crippen LogP contribution is -2.82. The van der Waals surface area contributed by atoms with E-state index in [2.05, 4.69) is 15.5 Å². The zero-order valence-electron chi connectivity index (χ0n) is 16.3. The van der Waals surface area contributed by atoms with E-state index in [1.807, 2.05) is 0 Å². The fourth-order valence-corrected chi connectivity index (χ4v) is 4.79. The average Bonchev–Trinajstić information content (AvgIpc) is 3.15. The number of anilines is 1. The first-order valence-electron chi connectivity index (χ1n) is 8.59. The van der Waals surface area contributed by atoms with Crippen LogP contribution in [0.25, 0.3) is 0 Å². The molecule has 3 amide bonds. The van der Waals surface area contributed by atoms with Crippen LogP contribution in [-0.2, 0) is 19.1 Å². The Morgan fingerprint density at radius 2 is 2.19 bits per heavy atom. The van der Waals surface area contributed by atoms with Gasteiger partial charge in [-0.3, -0.25) is 9.59 Å². The molecule has 31 heavy (non-hydrogen) atoms. The lowest BCUT2D eigenvalue weighted by molar-refractivity contribution is -0.169. The number of nitrogens with zero attached hydrogens (tertiary/aromatic N) is 4. The second kappa shape index (κ2) is 8.43. The Labute approximate surface area is 183 Å². The molecule has 2 aliphatic rings. The first-order chi connectivity index (χ1) is 14.6. The molecule has 5 N–H and O–H groups in total. The van der Waals surface area contributed by atoms with Gasteiger partial charge in [0.1, 0.15) is 17.7 Å². The predicted octanol–water partition coefficient (Wildman–Crippen LogP) is -0.660. The van der Waals surface area contributed by atoms with Crippen LogP contribution in [0.1, 0.15) is 5.69 Å². The fraction of sp³-hybridized carbons (Fsp3) is 0.375. The van der Waals surface area contributed by atoms with Crippen molar-refractivity contribution in [3.05, 3.63) is 22.8 Å². The van der Waals surface area contributed by atoms with Crippen molar-refractivity contribution in [3.63, 3.8) is 0 Å². The van der Waals surface area contributed by atoms with Crippen LogP contribution in [0.5, 0.6) is 0 Å². The molecule has 0 aliphatic carbocycles. The van der Waals surface area contributed by atoms with Gasteiger partial charge in [0.25, 0.3) is 11.8 Å². The number of nitrogen functional groups attached to an aromatic ring is 1.